The van der Waals surface area contributed by atoms with Crippen LogP contribution >= 0.6 is 15.9 Å². The Kier molecular flexibility index (Phi) is 5.22. The summed E-state index contributed by atoms with van der Waals surface area (Å²) in [5, 5.41) is 3.15. The molecule has 0 spiro atoms. The number of rotatable bonds is 5. The number of methoxy groups -OCH3 is 1. The van der Waals surface area contributed by atoms with Crippen LogP contribution < -0.4 is 5.32 Å². The van der Waals surface area contributed by atoms with Gasteiger partial charge in [0, 0.05) is 13.2 Å². The summed E-state index contributed by atoms with van der Waals surface area (Å²) in [6.45, 7) is 0.644. The molecule has 0 radical (unpaired) electrons. The number of halogens is 2. The molecule has 0 bridgehead atoms. The van der Waals surface area contributed by atoms with Crippen LogP contribution in [-0.2, 0) is 11.2 Å². The number of hydrogen-bond acceptors (Lipinski definition) is 2. The van der Waals surface area contributed by atoms with Gasteiger partial charge in [-0.25, -0.2) is 4.39 Å². The Balaban J connectivity index is 2.66. The molecule has 1 aromatic rings. The lowest BCUT2D eigenvalue weighted by atomic mass is 10.1. The van der Waals surface area contributed by atoms with Crippen LogP contribution in [0, 0.1) is 5.82 Å². The maximum absolute atomic E-state index is 13.0. The van der Waals surface area contributed by atoms with Gasteiger partial charge < -0.3 is 10.1 Å². The molecule has 0 fully saturated rings. The van der Waals surface area contributed by atoms with Crippen molar-refractivity contribution in [3.8, 4) is 0 Å². The fraction of sp³-hybridized carbons (Fsp3) is 0.455. The Morgan fingerprint density at radius 2 is 2.27 bits per heavy atom. The summed E-state index contributed by atoms with van der Waals surface area (Å²) in [4.78, 5) is 0. The fourth-order valence-corrected chi connectivity index (χ4v) is 1.82. The molecule has 0 heterocycles. The third kappa shape index (κ3) is 3.89. The average molecular weight is 276 g/mol. The Morgan fingerprint density at radius 1 is 1.53 bits per heavy atom. The second kappa shape index (κ2) is 6.20. The zero-order valence-corrected chi connectivity index (χ0v) is 10.5. The molecule has 2 nitrogen and oxygen atoms in total. The highest BCUT2D eigenvalue weighted by atomic mass is 79.9. The maximum atomic E-state index is 13.0. The van der Waals surface area contributed by atoms with Crippen molar-refractivity contribution in [2.75, 3.05) is 20.8 Å². The highest BCUT2D eigenvalue weighted by Gasteiger charge is 2.08. The molecule has 0 saturated heterocycles. The largest absolute Gasteiger partial charge is 0.383 e. The first-order chi connectivity index (χ1) is 7.17. The summed E-state index contributed by atoms with van der Waals surface area (Å²) in [6.07, 6.45) is 0.823. The molecule has 1 aromatic carbocycles. The topological polar surface area (TPSA) is 21.3 Å². The Hall–Kier alpha value is -0.450. The van der Waals surface area contributed by atoms with Gasteiger partial charge in [0.2, 0.25) is 0 Å². The first kappa shape index (κ1) is 12.6. The van der Waals surface area contributed by atoms with Crippen molar-refractivity contribution in [2.45, 2.75) is 12.5 Å². The normalized spacial score (nSPS) is 12.8. The molecule has 0 amide bonds. The van der Waals surface area contributed by atoms with Gasteiger partial charge in [-0.3, -0.25) is 0 Å². The van der Waals surface area contributed by atoms with Crippen molar-refractivity contribution >= 4 is 15.9 Å². The van der Waals surface area contributed by atoms with E-state index in [0.29, 0.717) is 11.1 Å². The van der Waals surface area contributed by atoms with E-state index in [1.54, 1.807) is 19.2 Å². The molecular weight excluding hydrogens is 261 g/mol. The molecule has 0 aliphatic carbocycles. The van der Waals surface area contributed by atoms with Crippen LogP contribution in [0.4, 0.5) is 4.39 Å². The van der Waals surface area contributed by atoms with Crippen LogP contribution in [0.2, 0.25) is 0 Å². The summed E-state index contributed by atoms with van der Waals surface area (Å²) < 4.78 is 18.6. The lowest BCUT2D eigenvalue weighted by Gasteiger charge is -2.15. The number of ether oxygens (including phenoxy) is 1. The molecule has 1 rings (SSSR count). The van der Waals surface area contributed by atoms with Crippen LogP contribution in [0.15, 0.2) is 22.7 Å². The SMILES string of the molecule is CNC(COC)Cc1ccc(F)c(Br)c1. The van der Waals surface area contributed by atoms with Crippen molar-refractivity contribution in [3.63, 3.8) is 0 Å². The number of likely N-dealkylation sites (N-methyl/N-ethyl adjacent to an activating group) is 1. The van der Waals surface area contributed by atoms with Crippen molar-refractivity contribution in [2.24, 2.45) is 0 Å². The van der Waals surface area contributed by atoms with Crippen LogP contribution in [0.5, 0.6) is 0 Å². The van der Waals surface area contributed by atoms with Crippen LogP contribution in [0.3, 0.4) is 0 Å². The molecule has 1 atom stereocenters. The molecule has 0 aliphatic rings. The minimum absolute atomic E-state index is 0.230. The smallest absolute Gasteiger partial charge is 0.137 e. The molecule has 15 heavy (non-hydrogen) atoms. The van der Waals surface area contributed by atoms with Gasteiger partial charge in [-0.15, -0.1) is 0 Å². The molecule has 1 N–H and O–H groups in total. The number of hydrogen-bond donors (Lipinski definition) is 1. The molecule has 4 heteroatoms. The van der Waals surface area contributed by atoms with E-state index in [9.17, 15) is 4.39 Å². The highest BCUT2D eigenvalue weighted by molar-refractivity contribution is 9.10. The van der Waals surface area contributed by atoms with E-state index < -0.39 is 0 Å². The van der Waals surface area contributed by atoms with Gasteiger partial charge in [0.05, 0.1) is 11.1 Å². The molecule has 1 unspecified atom stereocenters. The summed E-state index contributed by atoms with van der Waals surface area (Å²) >= 11 is 3.17. The van der Waals surface area contributed by atoms with E-state index in [1.807, 2.05) is 7.05 Å². The quantitative estimate of drug-likeness (QED) is 0.891. The van der Waals surface area contributed by atoms with Gasteiger partial charge in [0.15, 0.2) is 0 Å². The third-order valence-electron chi connectivity index (χ3n) is 2.24. The number of nitrogens with one attached hydrogen (secondary N) is 1. The van der Waals surface area contributed by atoms with Gasteiger partial charge in [0.1, 0.15) is 5.82 Å². The van der Waals surface area contributed by atoms with E-state index in [1.165, 1.54) is 6.07 Å². The summed E-state index contributed by atoms with van der Waals surface area (Å²) in [7, 11) is 3.56. The third-order valence-corrected chi connectivity index (χ3v) is 2.85. The van der Waals surface area contributed by atoms with E-state index in [0.717, 1.165) is 12.0 Å². The second-order valence-electron chi connectivity index (χ2n) is 3.39. The van der Waals surface area contributed by atoms with Crippen LogP contribution in [0.25, 0.3) is 0 Å². The monoisotopic (exact) mass is 275 g/mol. The minimum Gasteiger partial charge on any atom is -0.383 e. The molecule has 0 aliphatic heterocycles. The predicted molar refractivity (Wildman–Crippen MR) is 62.5 cm³/mol. The zero-order valence-electron chi connectivity index (χ0n) is 8.89. The van der Waals surface area contributed by atoms with E-state index in [4.69, 9.17) is 4.74 Å². The second-order valence-corrected chi connectivity index (χ2v) is 4.25. The first-order valence-electron chi connectivity index (χ1n) is 4.77. The summed E-state index contributed by atoms with van der Waals surface area (Å²) in [6, 6.07) is 5.32. The Bertz CT molecular complexity index is 319. The summed E-state index contributed by atoms with van der Waals surface area (Å²) in [5.41, 5.74) is 1.08. The van der Waals surface area contributed by atoms with Gasteiger partial charge in [-0.2, -0.15) is 0 Å². The molecule has 84 valence electrons. The molecular formula is C11H15BrFNO. The van der Waals surface area contributed by atoms with Gasteiger partial charge in [0.25, 0.3) is 0 Å². The lowest BCUT2D eigenvalue weighted by Crippen LogP contribution is -2.32. The predicted octanol–water partition coefficient (Wildman–Crippen LogP) is 2.37. The first-order valence-corrected chi connectivity index (χ1v) is 5.56. The van der Waals surface area contributed by atoms with Crippen molar-refractivity contribution in [3.05, 3.63) is 34.1 Å². The van der Waals surface area contributed by atoms with Gasteiger partial charge in [-0.1, -0.05) is 6.07 Å². The zero-order chi connectivity index (χ0) is 11.3. The standard InChI is InChI=1S/C11H15BrFNO/c1-14-9(7-15-2)5-8-3-4-11(13)10(12)6-8/h3-4,6,9,14H,5,7H2,1-2H3. The van der Waals surface area contributed by atoms with Crippen LogP contribution in [-0.4, -0.2) is 26.8 Å². The molecule has 0 aromatic heterocycles. The van der Waals surface area contributed by atoms with Crippen LogP contribution in [0.1, 0.15) is 5.56 Å². The average Bonchev–Trinajstić information content (AvgIpc) is 2.23. The van der Waals surface area contributed by atoms with E-state index in [-0.39, 0.29) is 11.9 Å². The van der Waals surface area contributed by atoms with Gasteiger partial charge in [-0.05, 0) is 47.1 Å². The Morgan fingerprint density at radius 3 is 2.80 bits per heavy atom. The highest BCUT2D eigenvalue weighted by Crippen LogP contribution is 2.17. The lowest BCUT2D eigenvalue weighted by molar-refractivity contribution is 0.169. The molecule has 0 saturated carbocycles. The minimum atomic E-state index is -0.230. The van der Waals surface area contributed by atoms with E-state index in [2.05, 4.69) is 21.2 Å². The van der Waals surface area contributed by atoms with Crippen molar-refractivity contribution < 1.29 is 9.13 Å². The number of benzene rings is 1. The van der Waals surface area contributed by atoms with Crippen molar-refractivity contribution in [1.82, 2.24) is 5.32 Å². The summed E-state index contributed by atoms with van der Waals surface area (Å²) in [5.74, 6) is -0.230. The maximum Gasteiger partial charge on any atom is 0.137 e. The Labute approximate surface area is 98.0 Å². The van der Waals surface area contributed by atoms with E-state index >= 15 is 0 Å². The van der Waals surface area contributed by atoms with Crippen molar-refractivity contribution in [1.29, 1.82) is 0 Å². The fourth-order valence-electron chi connectivity index (χ4n) is 1.40. The van der Waals surface area contributed by atoms with Gasteiger partial charge >= 0.3 is 0 Å².